The average molecular weight is 481 g/mol. The average Bonchev–Trinajstić information content (AvgIpc) is 3.17. The molecular formula is C25H28N4O4S. The van der Waals surface area contributed by atoms with E-state index in [1.807, 2.05) is 36.4 Å². The summed E-state index contributed by atoms with van der Waals surface area (Å²) >= 11 is 0. The molecule has 0 aliphatic carbocycles. The van der Waals surface area contributed by atoms with Gasteiger partial charge in [-0.3, -0.25) is 14.3 Å². The summed E-state index contributed by atoms with van der Waals surface area (Å²) in [6.07, 6.45) is 3.39. The number of nitrogens with one attached hydrogen (secondary N) is 2. The number of anilines is 1. The van der Waals surface area contributed by atoms with Crippen molar-refractivity contribution < 1.29 is 18.0 Å². The highest BCUT2D eigenvalue weighted by atomic mass is 32.2. The number of benzene rings is 2. The van der Waals surface area contributed by atoms with E-state index in [1.165, 1.54) is 0 Å². The van der Waals surface area contributed by atoms with Crippen molar-refractivity contribution in [1.29, 1.82) is 0 Å². The van der Waals surface area contributed by atoms with Crippen molar-refractivity contribution in [2.75, 3.05) is 24.1 Å². The number of hydrogen-bond acceptors (Lipinski definition) is 4. The Bertz CT molecular complexity index is 1360. The maximum atomic E-state index is 13.5. The second-order valence-corrected chi connectivity index (χ2v) is 10.8. The van der Waals surface area contributed by atoms with E-state index < -0.39 is 22.1 Å². The molecule has 34 heavy (non-hydrogen) atoms. The van der Waals surface area contributed by atoms with Crippen molar-refractivity contribution in [3.8, 4) is 0 Å². The largest absolute Gasteiger partial charge is 0.356 e. The normalized spacial score (nSPS) is 20.4. The van der Waals surface area contributed by atoms with Gasteiger partial charge in [-0.05, 0) is 35.7 Å². The lowest BCUT2D eigenvalue weighted by molar-refractivity contribution is -0.158. The van der Waals surface area contributed by atoms with Crippen molar-refractivity contribution in [2.24, 2.45) is 0 Å². The summed E-state index contributed by atoms with van der Waals surface area (Å²) in [5.74, 6) is -0.0855. The topological polar surface area (TPSA) is 103 Å². The van der Waals surface area contributed by atoms with Crippen molar-refractivity contribution in [2.45, 2.75) is 38.3 Å². The summed E-state index contributed by atoms with van der Waals surface area (Å²) in [5, 5.41) is 1.06. The predicted octanol–water partition coefficient (Wildman–Crippen LogP) is 3.02. The fourth-order valence-corrected chi connectivity index (χ4v) is 5.72. The van der Waals surface area contributed by atoms with Gasteiger partial charge in [0.1, 0.15) is 6.04 Å². The minimum Gasteiger partial charge on any atom is -0.356 e. The quantitative estimate of drug-likeness (QED) is 0.566. The lowest BCUT2D eigenvalue weighted by Crippen LogP contribution is -2.63. The Balaban J connectivity index is 1.61. The summed E-state index contributed by atoms with van der Waals surface area (Å²) in [6.45, 7) is 2.73. The van der Waals surface area contributed by atoms with Crippen molar-refractivity contribution in [3.05, 3.63) is 65.4 Å². The number of carbonyl (C=O) groups excluding carboxylic acids is 2. The van der Waals surface area contributed by atoms with E-state index in [4.69, 9.17) is 0 Å². The Morgan fingerprint density at radius 2 is 1.82 bits per heavy atom. The number of carbonyl (C=O) groups is 2. The van der Waals surface area contributed by atoms with Gasteiger partial charge in [-0.15, -0.1) is 0 Å². The number of aromatic nitrogens is 1. The zero-order valence-electron chi connectivity index (χ0n) is 19.2. The fraction of sp³-hybridized carbons (Fsp3) is 0.360. The van der Waals surface area contributed by atoms with Crippen LogP contribution in [-0.4, -0.2) is 60.4 Å². The first-order valence-corrected chi connectivity index (χ1v) is 13.4. The number of para-hydroxylation sites is 1. The fourth-order valence-electron chi connectivity index (χ4n) is 5.16. The number of unbranched alkanes of at least 4 members (excludes halogenated alkanes) is 1. The molecule has 3 aromatic rings. The minimum absolute atomic E-state index is 0.00987. The van der Waals surface area contributed by atoms with Crippen LogP contribution in [0.5, 0.6) is 0 Å². The molecule has 2 aliphatic rings. The molecule has 0 radical (unpaired) electrons. The Morgan fingerprint density at radius 3 is 2.53 bits per heavy atom. The standard InChI is InChI=1S/C25H28N4O4S/c1-3-4-13-28-15-22(30)29-21(25(28)31)14-19-18-7-5-6-8-20(18)26-23(19)24(29)16-9-11-17(12-10-16)27-34(2,32)33/h5-12,21,24,26-27H,3-4,13-15H2,1-2H3. The van der Waals surface area contributed by atoms with Gasteiger partial charge in [0.15, 0.2) is 0 Å². The summed E-state index contributed by atoms with van der Waals surface area (Å²) in [7, 11) is -3.40. The Kier molecular flexibility index (Phi) is 5.59. The summed E-state index contributed by atoms with van der Waals surface area (Å²) < 4.78 is 25.7. The Morgan fingerprint density at radius 1 is 1.09 bits per heavy atom. The third kappa shape index (κ3) is 3.94. The monoisotopic (exact) mass is 480 g/mol. The summed E-state index contributed by atoms with van der Waals surface area (Å²) in [4.78, 5) is 33.9. The molecule has 2 N–H and O–H groups in total. The van der Waals surface area contributed by atoms with Gasteiger partial charge in [-0.25, -0.2) is 8.42 Å². The summed E-state index contributed by atoms with van der Waals surface area (Å²) in [6, 6.07) is 14.0. The number of fused-ring (bicyclic) bond motifs is 4. The van der Waals surface area contributed by atoms with Crippen LogP contribution in [0, 0.1) is 0 Å². The Labute approximate surface area is 199 Å². The molecule has 1 fully saturated rings. The van der Waals surface area contributed by atoms with Gasteiger partial charge in [0.2, 0.25) is 21.8 Å². The third-order valence-corrected chi connectivity index (χ3v) is 7.26. The van der Waals surface area contributed by atoms with E-state index >= 15 is 0 Å². The molecule has 2 aromatic carbocycles. The zero-order valence-corrected chi connectivity index (χ0v) is 20.1. The van der Waals surface area contributed by atoms with Crippen LogP contribution in [0.15, 0.2) is 48.5 Å². The molecule has 3 heterocycles. The van der Waals surface area contributed by atoms with Crippen molar-refractivity contribution in [1.82, 2.24) is 14.8 Å². The maximum absolute atomic E-state index is 13.5. The Hall–Kier alpha value is -3.33. The lowest BCUT2D eigenvalue weighted by atomic mass is 9.86. The summed E-state index contributed by atoms with van der Waals surface area (Å²) in [5.41, 5.74) is 4.19. The molecule has 8 nitrogen and oxygen atoms in total. The number of piperazine rings is 1. The van der Waals surface area contributed by atoms with E-state index in [0.29, 0.717) is 18.7 Å². The van der Waals surface area contributed by atoms with E-state index in [-0.39, 0.29) is 18.4 Å². The SMILES string of the molecule is CCCCN1CC(=O)N2C(Cc3c([nH]c4ccccc34)C2c2ccc(NS(C)(=O)=O)cc2)C1=O. The van der Waals surface area contributed by atoms with Crippen LogP contribution in [-0.2, 0) is 26.0 Å². The first-order chi connectivity index (χ1) is 16.3. The minimum atomic E-state index is -3.40. The van der Waals surface area contributed by atoms with Gasteiger partial charge < -0.3 is 14.8 Å². The van der Waals surface area contributed by atoms with Gasteiger partial charge >= 0.3 is 0 Å². The first-order valence-electron chi connectivity index (χ1n) is 11.5. The highest BCUT2D eigenvalue weighted by Crippen LogP contribution is 2.42. The molecule has 0 saturated carbocycles. The predicted molar refractivity (Wildman–Crippen MR) is 131 cm³/mol. The third-order valence-electron chi connectivity index (χ3n) is 6.65. The molecule has 1 aromatic heterocycles. The van der Waals surface area contributed by atoms with Crippen LogP contribution in [0.25, 0.3) is 10.9 Å². The van der Waals surface area contributed by atoms with Crippen LogP contribution in [0.1, 0.15) is 42.6 Å². The second kappa shape index (κ2) is 8.47. The van der Waals surface area contributed by atoms with Crippen LogP contribution < -0.4 is 4.72 Å². The molecule has 178 valence electrons. The van der Waals surface area contributed by atoms with Gasteiger partial charge in [-0.2, -0.15) is 0 Å². The number of sulfonamides is 1. The van der Waals surface area contributed by atoms with Crippen molar-refractivity contribution >= 4 is 38.4 Å². The molecule has 2 atom stereocenters. The van der Waals surface area contributed by atoms with Gasteiger partial charge in [0, 0.05) is 35.2 Å². The molecule has 0 spiro atoms. The number of rotatable bonds is 6. The van der Waals surface area contributed by atoms with Gasteiger partial charge in [0.25, 0.3) is 0 Å². The highest BCUT2D eigenvalue weighted by molar-refractivity contribution is 7.92. The number of hydrogen-bond donors (Lipinski definition) is 2. The number of nitrogens with zero attached hydrogens (tertiary/aromatic N) is 2. The number of H-pyrrole nitrogens is 1. The maximum Gasteiger partial charge on any atom is 0.246 e. The molecule has 5 rings (SSSR count). The van der Waals surface area contributed by atoms with Gasteiger partial charge in [0.05, 0.1) is 18.8 Å². The van der Waals surface area contributed by atoms with Crippen LogP contribution >= 0.6 is 0 Å². The molecule has 1 saturated heterocycles. The van der Waals surface area contributed by atoms with Crippen molar-refractivity contribution in [3.63, 3.8) is 0 Å². The highest BCUT2D eigenvalue weighted by Gasteiger charge is 2.48. The molecule has 2 unspecified atom stereocenters. The molecule has 9 heteroatoms. The molecule has 2 aliphatic heterocycles. The van der Waals surface area contributed by atoms with E-state index in [1.54, 1.807) is 21.9 Å². The lowest BCUT2D eigenvalue weighted by Gasteiger charge is -2.47. The van der Waals surface area contributed by atoms with E-state index in [0.717, 1.165) is 46.8 Å². The van der Waals surface area contributed by atoms with Crippen LogP contribution in [0.4, 0.5) is 5.69 Å². The molecule has 0 bridgehead atoms. The number of aromatic amines is 1. The first kappa shape index (κ1) is 22.5. The van der Waals surface area contributed by atoms with Crippen LogP contribution in [0.3, 0.4) is 0 Å². The van der Waals surface area contributed by atoms with Crippen LogP contribution in [0.2, 0.25) is 0 Å². The number of amides is 2. The molecular weight excluding hydrogens is 452 g/mol. The smallest absolute Gasteiger partial charge is 0.246 e. The molecule has 2 amide bonds. The zero-order chi connectivity index (χ0) is 24.0. The second-order valence-electron chi connectivity index (χ2n) is 9.10. The van der Waals surface area contributed by atoms with Gasteiger partial charge in [-0.1, -0.05) is 43.7 Å². The van der Waals surface area contributed by atoms with E-state index in [2.05, 4.69) is 16.6 Å². The van der Waals surface area contributed by atoms with E-state index in [9.17, 15) is 18.0 Å².